The minimum atomic E-state index is 0.293. The zero-order valence-electron chi connectivity index (χ0n) is 11.1. The van der Waals surface area contributed by atoms with Crippen molar-refractivity contribution in [1.82, 2.24) is 4.90 Å². The van der Waals surface area contributed by atoms with Crippen LogP contribution in [-0.2, 0) is 11.3 Å². The van der Waals surface area contributed by atoms with E-state index in [-0.39, 0.29) is 0 Å². The molecular formula is C16H20ClNO. The largest absolute Gasteiger partial charge is 0.299 e. The fourth-order valence-corrected chi connectivity index (χ4v) is 3.84. The maximum atomic E-state index is 12.0. The van der Waals surface area contributed by atoms with E-state index in [4.69, 9.17) is 11.6 Å². The smallest absolute Gasteiger partial charge is 0.137 e. The normalized spacial score (nSPS) is 28.2. The summed E-state index contributed by atoms with van der Waals surface area (Å²) in [5.41, 5.74) is 1.25. The molecule has 0 spiro atoms. The Bertz CT molecular complexity index is 474. The molecule has 102 valence electrons. The van der Waals surface area contributed by atoms with Crippen LogP contribution in [0.3, 0.4) is 0 Å². The second-order valence-electron chi connectivity index (χ2n) is 5.78. The van der Waals surface area contributed by atoms with Gasteiger partial charge in [0.15, 0.2) is 0 Å². The van der Waals surface area contributed by atoms with Crippen LogP contribution in [0.2, 0.25) is 5.02 Å². The molecular weight excluding hydrogens is 258 g/mol. The number of hydrogen-bond donors (Lipinski definition) is 0. The third-order valence-corrected chi connectivity index (χ3v) is 4.74. The van der Waals surface area contributed by atoms with E-state index in [0.717, 1.165) is 37.4 Å². The predicted molar refractivity (Wildman–Crippen MR) is 77.2 cm³/mol. The molecule has 2 atom stereocenters. The molecule has 0 N–H and O–H groups in total. The van der Waals surface area contributed by atoms with E-state index in [1.807, 2.05) is 18.2 Å². The van der Waals surface area contributed by atoms with Gasteiger partial charge in [0, 0.05) is 29.9 Å². The van der Waals surface area contributed by atoms with Crippen molar-refractivity contribution in [1.29, 1.82) is 0 Å². The summed E-state index contributed by atoms with van der Waals surface area (Å²) in [6.45, 7) is 2.04. The lowest BCUT2D eigenvalue weighted by molar-refractivity contribution is -0.122. The summed E-state index contributed by atoms with van der Waals surface area (Å²) in [6.07, 6.45) is 5.37. The number of likely N-dealkylation sites (tertiary alicyclic amines) is 1. The van der Waals surface area contributed by atoms with E-state index >= 15 is 0 Å². The topological polar surface area (TPSA) is 20.3 Å². The first kappa shape index (κ1) is 13.1. The lowest BCUT2D eigenvalue weighted by Gasteiger charge is -2.28. The number of rotatable bonds is 3. The van der Waals surface area contributed by atoms with Crippen molar-refractivity contribution in [2.75, 3.05) is 6.54 Å². The van der Waals surface area contributed by atoms with Crippen molar-refractivity contribution in [2.24, 2.45) is 5.92 Å². The zero-order valence-corrected chi connectivity index (χ0v) is 11.9. The van der Waals surface area contributed by atoms with E-state index in [1.165, 1.54) is 18.4 Å². The van der Waals surface area contributed by atoms with Crippen molar-refractivity contribution in [3.05, 3.63) is 34.9 Å². The molecule has 3 heteroatoms. The van der Waals surface area contributed by atoms with Gasteiger partial charge in [-0.25, -0.2) is 0 Å². The van der Waals surface area contributed by atoms with Crippen molar-refractivity contribution in [2.45, 2.75) is 44.7 Å². The van der Waals surface area contributed by atoms with Crippen LogP contribution in [-0.4, -0.2) is 23.3 Å². The highest BCUT2D eigenvalue weighted by Gasteiger charge is 2.37. The Kier molecular flexibility index (Phi) is 3.90. The fraction of sp³-hybridized carbons (Fsp3) is 0.562. The number of nitrogens with zero attached hydrogens (tertiary/aromatic N) is 1. The van der Waals surface area contributed by atoms with Gasteiger partial charge in [0.2, 0.25) is 0 Å². The average Bonchev–Trinajstić information content (AvgIpc) is 2.98. The maximum Gasteiger partial charge on any atom is 0.137 e. The number of halogens is 1. The molecule has 0 radical (unpaired) electrons. The van der Waals surface area contributed by atoms with Gasteiger partial charge in [-0.15, -0.1) is 0 Å². The highest BCUT2D eigenvalue weighted by molar-refractivity contribution is 6.30. The van der Waals surface area contributed by atoms with Crippen LogP contribution >= 0.6 is 11.6 Å². The van der Waals surface area contributed by atoms with Crippen molar-refractivity contribution < 1.29 is 4.79 Å². The predicted octanol–water partition coefficient (Wildman–Crippen LogP) is 3.67. The number of carbonyl (C=O) groups is 1. The van der Waals surface area contributed by atoms with Crippen LogP contribution in [0.1, 0.15) is 37.7 Å². The standard InChI is InChI=1S/C16H20ClNO/c17-13-5-1-4-12(10-13)11-18-9-3-7-15(18)14-6-2-8-16(14)19/h1,4-5,10,14-15H,2-3,6-9,11H2. The highest BCUT2D eigenvalue weighted by atomic mass is 35.5. The van der Waals surface area contributed by atoms with Gasteiger partial charge in [0.05, 0.1) is 0 Å². The van der Waals surface area contributed by atoms with Gasteiger partial charge in [0.1, 0.15) is 5.78 Å². The minimum Gasteiger partial charge on any atom is -0.299 e. The van der Waals surface area contributed by atoms with Gasteiger partial charge in [-0.3, -0.25) is 9.69 Å². The second kappa shape index (κ2) is 5.64. The SMILES string of the molecule is O=C1CCCC1C1CCCN1Cc1cccc(Cl)c1. The lowest BCUT2D eigenvalue weighted by Crippen LogP contribution is -2.36. The zero-order chi connectivity index (χ0) is 13.2. The van der Waals surface area contributed by atoms with Crippen LogP contribution in [0.4, 0.5) is 0 Å². The molecule has 3 rings (SSSR count). The van der Waals surface area contributed by atoms with Crippen molar-refractivity contribution in [3.8, 4) is 0 Å². The van der Waals surface area contributed by atoms with E-state index in [2.05, 4.69) is 11.0 Å². The third kappa shape index (κ3) is 2.85. The van der Waals surface area contributed by atoms with Gasteiger partial charge >= 0.3 is 0 Å². The fourth-order valence-electron chi connectivity index (χ4n) is 3.62. The quantitative estimate of drug-likeness (QED) is 0.840. The van der Waals surface area contributed by atoms with Crippen molar-refractivity contribution >= 4 is 17.4 Å². The Morgan fingerprint density at radius 3 is 2.89 bits per heavy atom. The van der Waals surface area contributed by atoms with Gasteiger partial charge in [-0.2, -0.15) is 0 Å². The summed E-state index contributed by atoms with van der Waals surface area (Å²) in [5.74, 6) is 0.782. The Balaban J connectivity index is 1.71. The third-order valence-electron chi connectivity index (χ3n) is 4.51. The molecule has 1 aliphatic heterocycles. The molecule has 1 heterocycles. The summed E-state index contributed by atoms with van der Waals surface area (Å²) < 4.78 is 0. The first-order chi connectivity index (χ1) is 9.24. The second-order valence-corrected chi connectivity index (χ2v) is 6.21. The first-order valence-electron chi connectivity index (χ1n) is 7.25. The monoisotopic (exact) mass is 277 g/mol. The van der Waals surface area contributed by atoms with Crippen LogP contribution in [0.25, 0.3) is 0 Å². The molecule has 0 aromatic heterocycles. The first-order valence-corrected chi connectivity index (χ1v) is 7.63. The molecule has 2 nitrogen and oxygen atoms in total. The van der Waals surface area contributed by atoms with Crippen LogP contribution in [0.5, 0.6) is 0 Å². The van der Waals surface area contributed by atoms with Gasteiger partial charge < -0.3 is 0 Å². The van der Waals surface area contributed by atoms with E-state index in [1.54, 1.807) is 0 Å². The molecule has 0 amide bonds. The van der Waals surface area contributed by atoms with Crippen LogP contribution < -0.4 is 0 Å². The van der Waals surface area contributed by atoms with E-state index in [0.29, 0.717) is 17.7 Å². The number of Topliss-reactive ketones (excluding diaryl/α,β-unsaturated/α-hetero) is 1. The molecule has 0 bridgehead atoms. The molecule has 2 aliphatic rings. The van der Waals surface area contributed by atoms with Gasteiger partial charge in [0.25, 0.3) is 0 Å². The number of hydrogen-bond acceptors (Lipinski definition) is 2. The summed E-state index contributed by atoms with van der Waals surface area (Å²) >= 11 is 6.04. The molecule has 1 aliphatic carbocycles. The van der Waals surface area contributed by atoms with Crippen LogP contribution in [0, 0.1) is 5.92 Å². The highest BCUT2D eigenvalue weighted by Crippen LogP contribution is 2.34. The Labute approximate surface area is 119 Å². The summed E-state index contributed by atoms with van der Waals surface area (Å²) in [4.78, 5) is 14.5. The summed E-state index contributed by atoms with van der Waals surface area (Å²) in [7, 11) is 0. The maximum absolute atomic E-state index is 12.0. The van der Waals surface area contributed by atoms with E-state index in [9.17, 15) is 4.79 Å². The molecule has 1 saturated carbocycles. The number of carbonyl (C=O) groups excluding carboxylic acids is 1. The molecule has 1 aromatic rings. The lowest BCUT2D eigenvalue weighted by atomic mass is 9.95. The van der Waals surface area contributed by atoms with Crippen molar-refractivity contribution in [3.63, 3.8) is 0 Å². The number of ketones is 1. The Morgan fingerprint density at radius 2 is 2.16 bits per heavy atom. The van der Waals surface area contributed by atoms with Gasteiger partial charge in [-0.1, -0.05) is 23.7 Å². The minimum absolute atomic E-state index is 0.293. The summed E-state index contributed by atoms with van der Waals surface area (Å²) in [6, 6.07) is 8.54. The molecule has 2 fully saturated rings. The number of benzene rings is 1. The molecule has 19 heavy (non-hydrogen) atoms. The Hall–Kier alpha value is -0.860. The average molecular weight is 278 g/mol. The van der Waals surface area contributed by atoms with E-state index < -0.39 is 0 Å². The van der Waals surface area contributed by atoms with Gasteiger partial charge in [-0.05, 0) is 49.9 Å². The molecule has 1 saturated heterocycles. The summed E-state index contributed by atoms with van der Waals surface area (Å²) in [5, 5.41) is 0.796. The Morgan fingerprint density at radius 1 is 1.26 bits per heavy atom. The van der Waals surface area contributed by atoms with Crippen LogP contribution in [0.15, 0.2) is 24.3 Å². The molecule has 2 unspecified atom stereocenters. The molecule has 1 aromatic carbocycles.